The number of rotatable bonds is 1. The lowest BCUT2D eigenvalue weighted by Crippen LogP contribution is -2.46. The second kappa shape index (κ2) is 4.32. The molecular formula is C15H20N2S. The Morgan fingerprint density at radius 2 is 2.11 bits per heavy atom. The average Bonchev–Trinajstić information content (AvgIpc) is 2.76. The Labute approximate surface area is 113 Å². The minimum absolute atomic E-state index is 0.292. The lowest BCUT2D eigenvalue weighted by Gasteiger charge is -2.43. The van der Waals surface area contributed by atoms with Crippen LogP contribution in [0.2, 0.25) is 0 Å². The molecule has 1 fully saturated rings. The number of para-hydroxylation sites is 1. The molecule has 1 aliphatic rings. The van der Waals surface area contributed by atoms with Crippen molar-refractivity contribution in [3.63, 3.8) is 0 Å². The van der Waals surface area contributed by atoms with Crippen molar-refractivity contribution < 1.29 is 0 Å². The van der Waals surface area contributed by atoms with Crippen LogP contribution in [0.15, 0.2) is 24.3 Å². The van der Waals surface area contributed by atoms with Gasteiger partial charge in [0, 0.05) is 11.5 Å². The molecule has 1 aromatic heterocycles. The smallest absolute Gasteiger partial charge is 0.0970 e. The number of piperidine rings is 1. The monoisotopic (exact) mass is 260 g/mol. The molecule has 0 radical (unpaired) electrons. The van der Waals surface area contributed by atoms with Gasteiger partial charge in [0.25, 0.3) is 0 Å². The fourth-order valence-electron chi connectivity index (χ4n) is 2.79. The molecule has 3 heteroatoms. The maximum absolute atomic E-state index is 4.83. The molecule has 96 valence electrons. The van der Waals surface area contributed by atoms with Gasteiger partial charge in [0.2, 0.25) is 0 Å². The Morgan fingerprint density at radius 3 is 2.83 bits per heavy atom. The number of likely N-dealkylation sites (tertiary alicyclic amines) is 1. The van der Waals surface area contributed by atoms with E-state index < -0.39 is 0 Å². The van der Waals surface area contributed by atoms with E-state index in [1.807, 2.05) is 11.3 Å². The van der Waals surface area contributed by atoms with Gasteiger partial charge in [0.15, 0.2) is 0 Å². The first-order chi connectivity index (χ1) is 8.56. The Bertz CT molecular complexity index is 525. The van der Waals surface area contributed by atoms with Gasteiger partial charge in [0.05, 0.1) is 15.2 Å². The summed E-state index contributed by atoms with van der Waals surface area (Å²) in [5.74, 6) is 0.633. The molecule has 18 heavy (non-hydrogen) atoms. The number of aromatic nitrogens is 1. The molecule has 1 aromatic carbocycles. The van der Waals surface area contributed by atoms with E-state index in [1.165, 1.54) is 29.1 Å². The maximum Gasteiger partial charge on any atom is 0.0970 e. The van der Waals surface area contributed by atoms with Gasteiger partial charge in [0.1, 0.15) is 0 Å². The van der Waals surface area contributed by atoms with Crippen molar-refractivity contribution in [3.8, 4) is 0 Å². The Kier molecular flexibility index (Phi) is 2.91. The summed E-state index contributed by atoms with van der Waals surface area (Å²) in [5, 5.41) is 1.33. The summed E-state index contributed by atoms with van der Waals surface area (Å²) < 4.78 is 1.32. The van der Waals surface area contributed by atoms with E-state index in [1.54, 1.807) is 0 Å². The van der Waals surface area contributed by atoms with Gasteiger partial charge >= 0.3 is 0 Å². The normalized spacial score (nSPS) is 24.5. The quantitative estimate of drug-likeness (QED) is 0.773. The van der Waals surface area contributed by atoms with Crippen molar-refractivity contribution >= 4 is 21.6 Å². The third kappa shape index (κ3) is 2.06. The number of hydrogen-bond acceptors (Lipinski definition) is 3. The van der Waals surface area contributed by atoms with Gasteiger partial charge in [-0.05, 0) is 52.4 Å². The molecule has 0 aliphatic carbocycles. The van der Waals surface area contributed by atoms with Crippen LogP contribution in [-0.2, 0) is 0 Å². The minimum atomic E-state index is 0.292. The van der Waals surface area contributed by atoms with E-state index in [0.717, 1.165) is 5.52 Å². The largest absolute Gasteiger partial charge is 0.301 e. The molecule has 3 rings (SSSR count). The van der Waals surface area contributed by atoms with Gasteiger partial charge in [-0.3, -0.25) is 0 Å². The van der Waals surface area contributed by atoms with Crippen LogP contribution in [0.25, 0.3) is 10.2 Å². The van der Waals surface area contributed by atoms with Crippen molar-refractivity contribution in [2.24, 2.45) is 0 Å². The van der Waals surface area contributed by atoms with Crippen LogP contribution >= 0.6 is 11.3 Å². The summed E-state index contributed by atoms with van der Waals surface area (Å²) in [7, 11) is 2.23. The second-order valence-electron chi connectivity index (χ2n) is 5.94. The first-order valence-corrected chi connectivity index (χ1v) is 7.45. The zero-order valence-corrected chi connectivity index (χ0v) is 12.1. The average molecular weight is 260 g/mol. The van der Waals surface area contributed by atoms with E-state index in [-0.39, 0.29) is 0 Å². The van der Waals surface area contributed by atoms with Gasteiger partial charge < -0.3 is 4.90 Å². The fraction of sp³-hybridized carbons (Fsp3) is 0.533. The maximum atomic E-state index is 4.83. The highest BCUT2D eigenvalue weighted by molar-refractivity contribution is 7.18. The summed E-state index contributed by atoms with van der Waals surface area (Å²) in [6, 6.07) is 8.47. The van der Waals surface area contributed by atoms with Crippen LogP contribution in [0.1, 0.15) is 37.6 Å². The van der Waals surface area contributed by atoms with Crippen molar-refractivity contribution in [2.75, 3.05) is 13.6 Å². The molecule has 0 amide bonds. The van der Waals surface area contributed by atoms with Crippen LogP contribution in [-0.4, -0.2) is 29.0 Å². The van der Waals surface area contributed by atoms with Gasteiger partial charge in [-0.1, -0.05) is 12.1 Å². The molecule has 2 heterocycles. The molecule has 1 saturated heterocycles. The first-order valence-electron chi connectivity index (χ1n) is 6.63. The standard InChI is InChI=1S/C15H20N2S/c1-15(2)10-11(8-9-17(15)3)14-16-12-6-4-5-7-13(12)18-14/h4-7,11H,8-10H2,1-3H3/t11-/m1/s1. The Morgan fingerprint density at radius 1 is 1.33 bits per heavy atom. The van der Waals surface area contributed by atoms with Crippen molar-refractivity contribution in [1.82, 2.24) is 9.88 Å². The number of fused-ring (bicyclic) bond motifs is 1. The van der Waals surface area contributed by atoms with Crippen molar-refractivity contribution in [1.29, 1.82) is 0 Å². The van der Waals surface area contributed by atoms with E-state index in [0.29, 0.717) is 11.5 Å². The molecule has 2 aromatic rings. The zero-order valence-electron chi connectivity index (χ0n) is 11.3. The summed E-state index contributed by atoms with van der Waals surface area (Å²) in [5.41, 5.74) is 1.45. The number of benzene rings is 1. The number of thiazole rings is 1. The predicted octanol–water partition coefficient (Wildman–Crippen LogP) is 3.88. The molecule has 0 unspecified atom stereocenters. The molecular weight excluding hydrogens is 240 g/mol. The summed E-state index contributed by atoms with van der Waals surface area (Å²) in [6.07, 6.45) is 2.45. The van der Waals surface area contributed by atoms with Crippen LogP contribution < -0.4 is 0 Å². The van der Waals surface area contributed by atoms with E-state index >= 15 is 0 Å². The molecule has 1 atom stereocenters. The van der Waals surface area contributed by atoms with E-state index in [2.05, 4.69) is 50.1 Å². The van der Waals surface area contributed by atoms with Crippen LogP contribution in [0.3, 0.4) is 0 Å². The number of nitrogens with zero attached hydrogens (tertiary/aromatic N) is 2. The van der Waals surface area contributed by atoms with Crippen LogP contribution in [0, 0.1) is 0 Å². The second-order valence-corrected chi connectivity index (χ2v) is 7.01. The summed E-state index contributed by atoms with van der Waals surface area (Å²) in [4.78, 5) is 7.30. The highest BCUT2D eigenvalue weighted by Gasteiger charge is 2.34. The fourth-order valence-corrected chi connectivity index (χ4v) is 3.89. The third-order valence-electron chi connectivity index (χ3n) is 4.25. The zero-order chi connectivity index (χ0) is 12.8. The van der Waals surface area contributed by atoms with Crippen molar-refractivity contribution in [3.05, 3.63) is 29.3 Å². The minimum Gasteiger partial charge on any atom is -0.301 e. The number of hydrogen-bond donors (Lipinski definition) is 0. The van der Waals surface area contributed by atoms with Gasteiger partial charge in [-0.2, -0.15) is 0 Å². The summed E-state index contributed by atoms with van der Waals surface area (Å²) >= 11 is 1.88. The highest BCUT2D eigenvalue weighted by Crippen LogP contribution is 2.39. The van der Waals surface area contributed by atoms with Crippen LogP contribution in [0.5, 0.6) is 0 Å². The SMILES string of the molecule is CN1CC[C@@H](c2nc3ccccc3s2)CC1(C)C. The summed E-state index contributed by atoms with van der Waals surface area (Å²) in [6.45, 7) is 5.85. The lowest BCUT2D eigenvalue weighted by atomic mass is 9.83. The Hall–Kier alpha value is -0.930. The third-order valence-corrected chi connectivity index (χ3v) is 5.45. The highest BCUT2D eigenvalue weighted by atomic mass is 32.1. The van der Waals surface area contributed by atoms with Crippen LogP contribution in [0.4, 0.5) is 0 Å². The molecule has 0 bridgehead atoms. The van der Waals surface area contributed by atoms with Gasteiger partial charge in [-0.25, -0.2) is 4.98 Å². The van der Waals surface area contributed by atoms with Crippen molar-refractivity contribution in [2.45, 2.75) is 38.1 Å². The molecule has 0 N–H and O–H groups in total. The predicted molar refractivity (Wildman–Crippen MR) is 78.3 cm³/mol. The van der Waals surface area contributed by atoms with Gasteiger partial charge in [-0.15, -0.1) is 11.3 Å². The molecule has 0 spiro atoms. The Balaban J connectivity index is 1.91. The first kappa shape index (κ1) is 12.1. The molecule has 1 aliphatic heterocycles. The lowest BCUT2D eigenvalue weighted by molar-refractivity contribution is 0.0942. The van der Waals surface area contributed by atoms with E-state index in [9.17, 15) is 0 Å². The molecule has 2 nitrogen and oxygen atoms in total. The molecule has 0 saturated carbocycles. The van der Waals surface area contributed by atoms with E-state index in [4.69, 9.17) is 4.98 Å². The topological polar surface area (TPSA) is 16.1 Å².